The van der Waals surface area contributed by atoms with Gasteiger partial charge in [-0.3, -0.25) is 4.68 Å². The number of halogens is 1. The lowest BCUT2D eigenvalue weighted by molar-refractivity contribution is 0.567. The van der Waals surface area contributed by atoms with Crippen molar-refractivity contribution in [2.45, 2.75) is 5.03 Å². The second-order valence-corrected chi connectivity index (χ2v) is 4.65. The van der Waals surface area contributed by atoms with E-state index in [1.165, 1.54) is 24.0 Å². The van der Waals surface area contributed by atoms with E-state index in [0.717, 1.165) is 0 Å². The molecule has 1 aromatic heterocycles. The number of hydrogen-bond acceptors (Lipinski definition) is 3. The number of hydrogen-bond donors (Lipinski definition) is 1. The van der Waals surface area contributed by atoms with Crippen molar-refractivity contribution in [2.75, 3.05) is 6.54 Å². The Morgan fingerprint density at radius 3 is 2.86 bits per heavy atom. The van der Waals surface area contributed by atoms with Crippen LogP contribution in [0.3, 0.4) is 0 Å². The quantitative estimate of drug-likeness (QED) is 0.775. The third-order valence-electron chi connectivity index (χ3n) is 1.51. The van der Waals surface area contributed by atoms with Gasteiger partial charge in [0.25, 0.3) is 10.0 Å². The van der Waals surface area contributed by atoms with E-state index in [2.05, 4.69) is 16.4 Å². The van der Waals surface area contributed by atoms with Gasteiger partial charge < -0.3 is 0 Å². The maximum Gasteiger partial charge on any atom is 0.259 e. The van der Waals surface area contributed by atoms with Crippen LogP contribution >= 0.6 is 11.6 Å². The molecule has 1 rings (SSSR count). The first-order valence-electron chi connectivity index (χ1n) is 3.77. The van der Waals surface area contributed by atoms with Gasteiger partial charge in [0, 0.05) is 13.6 Å². The average Bonchev–Trinajstić information content (AvgIpc) is 2.43. The predicted octanol–water partition coefficient (Wildman–Crippen LogP) is 0.538. The van der Waals surface area contributed by atoms with Gasteiger partial charge in [-0.1, -0.05) is 17.7 Å². The van der Waals surface area contributed by atoms with Crippen LogP contribution in [0, 0.1) is 0 Å². The van der Waals surface area contributed by atoms with Crippen LogP contribution in [0.5, 0.6) is 0 Å². The Kier molecular flexibility index (Phi) is 3.30. The Balaban J connectivity index is 3.09. The first kappa shape index (κ1) is 11.2. The lowest BCUT2D eigenvalue weighted by Crippen LogP contribution is -2.26. The van der Waals surface area contributed by atoms with Crippen LogP contribution in [0.1, 0.15) is 0 Å². The van der Waals surface area contributed by atoms with Crippen molar-refractivity contribution in [3.05, 3.63) is 23.9 Å². The van der Waals surface area contributed by atoms with E-state index in [0.29, 0.717) is 0 Å². The molecule has 1 heterocycles. The summed E-state index contributed by atoms with van der Waals surface area (Å²) in [7, 11) is -2.08. The Morgan fingerprint density at radius 1 is 1.79 bits per heavy atom. The number of nitrogens with zero attached hydrogens (tertiary/aromatic N) is 2. The first-order chi connectivity index (χ1) is 6.49. The molecular weight excluding hydrogens is 226 g/mol. The van der Waals surface area contributed by atoms with E-state index < -0.39 is 10.0 Å². The Morgan fingerprint density at radius 2 is 2.43 bits per heavy atom. The summed E-state index contributed by atoms with van der Waals surface area (Å²) in [6.45, 7) is 3.56. The summed E-state index contributed by atoms with van der Waals surface area (Å²) in [5.74, 6) is 0. The molecule has 0 aliphatic heterocycles. The number of nitrogens with one attached hydrogen (secondary N) is 1. The van der Waals surface area contributed by atoms with Crippen molar-refractivity contribution in [1.82, 2.24) is 14.5 Å². The molecule has 0 radical (unpaired) electrons. The molecule has 0 spiro atoms. The van der Waals surface area contributed by atoms with E-state index in [4.69, 9.17) is 11.6 Å². The molecule has 0 saturated heterocycles. The summed E-state index contributed by atoms with van der Waals surface area (Å²) in [4.78, 5) is 0. The lowest BCUT2D eigenvalue weighted by Gasteiger charge is -2.04. The van der Waals surface area contributed by atoms with Gasteiger partial charge in [-0.05, 0) is 0 Å². The van der Waals surface area contributed by atoms with Gasteiger partial charge in [0.05, 0.1) is 11.2 Å². The fraction of sp³-hybridized carbons (Fsp3) is 0.286. The Labute approximate surface area is 87.4 Å². The molecule has 14 heavy (non-hydrogen) atoms. The van der Waals surface area contributed by atoms with Gasteiger partial charge in [0.15, 0.2) is 5.03 Å². The van der Waals surface area contributed by atoms with E-state index in [1.54, 1.807) is 0 Å². The minimum Gasteiger partial charge on any atom is -0.255 e. The molecule has 0 unspecified atom stereocenters. The number of aromatic nitrogens is 2. The van der Waals surface area contributed by atoms with Crippen LogP contribution in [-0.4, -0.2) is 24.7 Å². The van der Waals surface area contributed by atoms with Crippen molar-refractivity contribution in [3.63, 3.8) is 0 Å². The van der Waals surface area contributed by atoms with Crippen molar-refractivity contribution in [1.29, 1.82) is 0 Å². The van der Waals surface area contributed by atoms with Crippen molar-refractivity contribution in [2.24, 2.45) is 7.05 Å². The molecule has 0 saturated carbocycles. The molecule has 78 valence electrons. The van der Waals surface area contributed by atoms with Gasteiger partial charge in [0.1, 0.15) is 0 Å². The highest BCUT2D eigenvalue weighted by molar-refractivity contribution is 7.89. The van der Waals surface area contributed by atoms with Crippen LogP contribution in [0.25, 0.3) is 0 Å². The molecule has 1 N–H and O–H groups in total. The Hall–Kier alpha value is -0.850. The third-order valence-corrected chi connectivity index (χ3v) is 3.44. The molecule has 0 amide bonds. The summed E-state index contributed by atoms with van der Waals surface area (Å²) in [5, 5.41) is 3.79. The highest BCUT2D eigenvalue weighted by atomic mass is 35.5. The molecule has 1 aromatic rings. The lowest BCUT2D eigenvalue weighted by atomic mass is 10.7. The van der Waals surface area contributed by atoms with Gasteiger partial charge >= 0.3 is 0 Å². The summed E-state index contributed by atoms with van der Waals surface area (Å²) in [5.41, 5.74) is 0. The van der Waals surface area contributed by atoms with Crippen molar-refractivity contribution >= 4 is 21.6 Å². The molecule has 0 atom stereocenters. The predicted molar refractivity (Wildman–Crippen MR) is 53.6 cm³/mol. The molecule has 0 aromatic carbocycles. The number of sulfonamides is 1. The molecule has 0 aliphatic carbocycles. The van der Waals surface area contributed by atoms with E-state index in [9.17, 15) is 8.42 Å². The number of rotatable bonds is 4. The van der Waals surface area contributed by atoms with Crippen molar-refractivity contribution in [3.8, 4) is 0 Å². The fourth-order valence-electron chi connectivity index (χ4n) is 0.939. The normalized spacial score (nSPS) is 11.6. The monoisotopic (exact) mass is 235 g/mol. The van der Waals surface area contributed by atoms with Crippen LogP contribution in [-0.2, 0) is 17.1 Å². The molecular formula is C7H10ClN3O2S. The molecule has 0 aliphatic rings. The minimum atomic E-state index is -3.59. The summed E-state index contributed by atoms with van der Waals surface area (Å²) >= 11 is 5.68. The maximum absolute atomic E-state index is 11.6. The third kappa shape index (κ3) is 2.14. The fourth-order valence-corrected chi connectivity index (χ4v) is 2.59. The highest BCUT2D eigenvalue weighted by Gasteiger charge is 2.21. The van der Waals surface area contributed by atoms with Crippen molar-refractivity contribution < 1.29 is 8.42 Å². The van der Waals surface area contributed by atoms with Crippen LogP contribution < -0.4 is 4.72 Å². The minimum absolute atomic E-state index is 0.0407. The van der Waals surface area contributed by atoms with Crippen LogP contribution in [0.2, 0.25) is 5.02 Å². The SMILES string of the molecule is C=CCNS(=O)(=O)c1c(Cl)cnn1C. The van der Waals surface area contributed by atoms with E-state index in [1.807, 2.05) is 0 Å². The second-order valence-electron chi connectivity index (χ2n) is 2.56. The van der Waals surface area contributed by atoms with Crippen LogP contribution in [0.15, 0.2) is 23.9 Å². The van der Waals surface area contributed by atoms with Gasteiger partial charge in [-0.2, -0.15) is 5.10 Å². The molecule has 7 heteroatoms. The van der Waals surface area contributed by atoms with Gasteiger partial charge in [0.2, 0.25) is 0 Å². The summed E-state index contributed by atoms with van der Waals surface area (Å²) in [6.07, 6.45) is 2.73. The van der Waals surface area contributed by atoms with E-state index in [-0.39, 0.29) is 16.6 Å². The maximum atomic E-state index is 11.6. The molecule has 5 nitrogen and oxygen atoms in total. The smallest absolute Gasteiger partial charge is 0.255 e. The van der Waals surface area contributed by atoms with Crippen LogP contribution in [0.4, 0.5) is 0 Å². The highest BCUT2D eigenvalue weighted by Crippen LogP contribution is 2.18. The zero-order valence-corrected chi connectivity index (χ0v) is 9.14. The average molecular weight is 236 g/mol. The standard InChI is InChI=1S/C7H10ClN3O2S/c1-3-4-10-14(12,13)7-6(8)5-9-11(7)2/h3,5,10H,1,4H2,2H3. The first-order valence-corrected chi connectivity index (χ1v) is 5.63. The van der Waals surface area contributed by atoms with E-state index >= 15 is 0 Å². The largest absolute Gasteiger partial charge is 0.259 e. The summed E-state index contributed by atoms with van der Waals surface area (Å²) < 4.78 is 26.7. The van der Waals surface area contributed by atoms with Gasteiger partial charge in [-0.25, -0.2) is 13.1 Å². The zero-order valence-electron chi connectivity index (χ0n) is 7.57. The second kappa shape index (κ2) is 4.12. The number of aryl methyl sites for hydroxylation is 1. The molecule has 0 bridgehead atoms. The summed E-state index contributed by atoms with van der Waals surface area (Å²) in [6, 6.07) is 0. The van der Waals surface area contributed by atoms with Gasteiger partial charge in [-0.15, -0.1) is 6.58 Å². The Bertz CT molecular complexity index is 418. The topological polar surface area (TPSA) is 64.0 Å². The molecule has 0 fully saturated rings. The zero-order chi connectivity index (χ0) is 10.8.